The van der Waals surface area contributed by atoms with Gasteiger partial charge in [0, 0.05) is 17.1 Å². The highest BCUT2D eigenvalue weighted by molar-refractivity contribution is 5.85. The molecular weight excluding hydrogens is 549 g/mol. The maximum atomic E-state index is 14.1. The summed E-state index contributed by atoms with van der Waals surface area (Å²) < 4.78 is 199. The van der Waals surface area contributed by atoms with Crippen LogP contribution in [0.2, 0.25) is 0 Å². The Labute approximate surface area is 192 Å². The van der Waals surface area contributed by atoms with E-state index in [9.17, 15) is 75.9 Å². The molecule has 0 bridgehead atoms. The zero-order chi connectivity index (χ0) is 29.4. The number of piperidine rings is 1. The highest BCUT2D eigenvalue weighted by Gasteiger charge is 2.94. The van der Waals surface area contributed by atoms with E-state index in [1.54, 1.807) is 0 Å². The molecule has 0 atom stereocenters. The van der Waals surface area contributed by atoms with E-state index in [0.717, 1.165) is 5.32 Å². The number of rotatable bonds is 7. The summed E-state index contributed by atoms with van der Waals surface area (Å²) in [4.78, 5) is 11.7. The molecule has 4 nitrogen and oxygen atoms in total. The lowest BCUT2D eigenvalue weighted by Gasteiger charge is -2.50. The maximum Gasteiger partial charge on any atom is 0.460 e. The van der Waals surface area contributed by atoms with Crippen molar-refractivity contribution in [1.29, 1.82) is 0 Å². The second-order valence-electron chi connectivity index (χ2n) is 9.44. The van der Waals surface area contributed by atoms with Gasteiger partial charge in [-0.05, 0) is 40.5 Å². The molecule has 0 aliphatic carbocycles. The van der Waals surface area contributed by atoms with Gasteiger partial charge in [0.2, 0.25) is 0 Å². The molecule has 0 spiro atoms. The highest BCUT2D eigenvalue weighted by atomic mass is 19.4. The largest absolute Gasteiger partial charge is 0.460 e. The minimum atomic E-state index is -8.47. The van der Waals surface area contributed by atoms with E-state index in [-0.39, 0.29) is 0 Å². The SMILES string of the molecule is CC1(C)CC(NC(=O)C(F)(F)C(F)(F)C(F)(F)C(F)(F)C(F)(F)C(F)(F)C(F)(F)F)CC(C)(C)N1[O]. The van der Waals surface area contributed by atoms with Crippen LogP contribution in [0.4, 0.5) is 65.9 Å². The fourth-order valence-electron chi connectivity index (χ4n) is 3.75. The number of nitrogens with zero attached hydrogens (tertiary/aromatic N) is 1. The van der Waals surface area contributed by atoms with Crippen molar-refractivity contribution in [3.05, 3.63) is 0 Å². The molecule has 0 aromatic carbocycles. The Morgan fingerprint density at radius 3 is 1.28 bits per heavy atom. The van der Waals surface area contributed by atoms with Crippen LogP contribution in [-0.4, -0.2) is 69.8 Å². The van der Waals surface area contributed by atoms with Crippen molar-refractivity contribution in [2.45, 2.75) is 99.4 Å². The van der Waals surface area contributed by atoms with Crippen molar-refractivity contribution in [3.63, 3.8) is 0 Å². The first-order valence-electron chi connectivity index (χ1n) is 9.48. The van der Waals surface area contributed by atoms with E-state index in [1.807, 2.05) is 0 Å². The molecule has 1 fully saturated rings. The van der Waals surface area contributed by atoms with Crippen LogP contribution in [0, 0.1) is 0 Å². The zero-order valence-corrected chi connectivity index (χ0v) is 18.4. The van der Waals surface area contributed by atoms with E-state index in [2.05, 4.69) is 0 Å². The van der Waals surface area contributed by atoms with Crippen molar-refractivity contribution < 1.29 is 75.9 Å². The zero-order valence-electron chi connectivity index (χ0n) is 18.4. The second-order valence-corrected chi connectivity index (χ2v) is 9.44. The molecular formula is C17H18F15N2O2. The van der Waals surface area contributed by atoms with Gasteiger partial charge in [-0.25, -0.2) is 0 Å². The number of hydroxylamine groups is 2. The normalized spacial score (nSPS) is 21.4. The van der Waals surface area contributed by atoms with Crippen LogP contribution in [0.1, 0.15) is 40.5 Å². The minimum Gasteiger partial charge on any atom is -0.348 e. The van der Waals surface area contributed by atoms with Crippen molar-refractivity contribution >= 4 is 5.91 Å². The molecule has 1 rings (SSSR count). The number of halogens is 15. The molecule has 1 heterocycles. The Morgan fingerprint density at radius 1 is 0.639 bits per heavy atom. The second kappa shape index (κ2) is 8.42. The van der Waals surface area contributed by atoms with Crippen LogP contribution in [0.15, 0.2) is 0 Å². The average Bonchev–Trinajstić information content (AvgIpc) is 2.63. The average molecular weight is 567 g/mol. The van der Waals surface area contributed by atoms with Crippen LogP contribution in [-0.2, 0) is 10.0 Å². The van der Waals surface area contributed by atoms with Gasteiger partial charge in [0.05, 0.1) is 0 Å². The lowest BCUT2D eigenvalue weighted by atomic mass is 9.79. The molecule has 1 aliphatic rings. The third kappa shape index (κ3) is 4.47. The molecule has 36 heavy (non-hydrogen) atoms. The van der Waals surface area contributed by atoms with Gasteiger partial charge in [-0.3, -0.25) is 4.79 Å². The number of carbonyl (C=O) groups is 1. The van der Waals surface area contributed by atoms with Crippen LogP contribution >= 0.6 is 0 Å². The van der Waals surface area contributed by atoms with E-state index in [4.69, 9.17) is 0 Å². The Hall–Kier alpha value is -1.66. The van der Waals surface area contributed by atoms with Crippen LogP contribution in [0.5, 0.6) is 0 Å². The van der Waals surface area contributed by atoms with Crippen LogP contribution < -0.4 is 5.32 Å². The van der Waals surface area contributed by atoms with Crippen LogP contribution in [0.25, 0.3) is 0 Å². The lowest BCUT2D eigenvalue weighted by Crippen LogP contribution is -2.74. The molecule has 1 N–H and O–H groups in total. The number of hydrogen-bond donors (Lipinski definition) is 1. The quantitative estimate of drug-likeness (QED) is 0.393. The standard InChI is InChI=1S/C17H18F15N2O2/c1-9(2)5-7(6-10(3,4)34(9)36)33-8(35)11(18,19)12(20,21)13(22,23)14(24,25)15(26,27)16(28,29)17(30,31)32/h7H,5-6H2,1-4H3,(H,33,35). The van der Waals surface area contributed by atoms with Crippen molar-refractivity contribution in [2.75, 3.05) is 0 Å². The number of alkyl halides is 15. The van der Waals surface area contributed by atoms with Gasteiger partial charge >= 0.3 is 41.7 Å². The number of amides is 1. The first-order chi connectivity index (χ1) is 15.4. The van der Waals surface area contributed by atoms with Gasteiger partial charge in [-0.2, -0.15) is 65.9 Å². The number of nitrogens with one attached hydrogen (secondary N) is 1. The predicted molar refractivity (Wildman–Crippen MR) is 87.6 cm³/mol. The third-order valence-electron chi connectivity index (χ3n) is 5.54. The van der Waals surface area contributed by atoms with Crippen molar-refractivity contribution in [2.24, 2.45) is 0 Å². The first-order valence-corrected chi connectivity index (χ1v) is 9.48. The van der Waals surface area contributed by atoms with E-state index in [1.165, 1.54) is 27.7 Å². The third-order valence-corrected chi connectivity index (χ3v) is 5.54. The van der Waals surface area contributed by atoms with Crippen LogP contribution in [0.3, 0.4) is 0 Å². The summed E-state index contributed by atoms with van der Waals surface area (Å²) in [5.74, 6) is -51.7. The van der Waals surface area contributed by atoms with Gasteiger partial charge < -0.3 is 5.32 Å². The fourth-order valence-corrected chi connectivity index (χ4v) is 3.75. The van der Waals surface area contributed by atoms with Gasteiger partial charge in [0.15, 0.2) is 0 Å². The summed E-state index contributed by atoms with van der Waals surface area (Å²) in [7, 11) is 0. The molecule has 1 aliphatic heterocycles. The molecule has 19 heteroatoms. The van der Waals surface area contributed by atoms with Crippen molar-refractivity contribution in [1.82, 2.24) is 10.4 Å². The summed E-state index contributed by atoms with van der Waals surface area (Å²) in [5, 5.41) is 13.7. The maximum absolute atomic E-state index is 14.1. The molecule has 213 valence electrons. The molecule has 0 saturated carbocycles. The fraction of sp³-hybridized carbons (Fsp3) is 0.941. The van der Waals surface area contributed by atoms with E-state index < -0.39 is 77.6 Å². The predicted octanol–water partition coefficient (Wildman–Crippen LogP) is 5.84. The molecule has 0 aromatic rings. The van der Waals surface area contributed by atoms with Gasteiger partial charge in [-0.15, -0.1) is 10.3 Å². The van der Waals surface area contributed by atoms with E-state index >= 15 is 0 Å². The Balaban J connectivity index is 3.43. The number of hydrogen-bond acceptors (Lipinski definition) is 2. The lowest BCUT2D eigenvalue weighted by molar-refractivity contribution is -0.449. The molecule has 1 amide bonds. The van der Waals surface area contributed by atoms with E-state index in [0.29, 0.717) is 5.06 Å². The topological polar surface area (TPSA) is 52.2 Å². The summed E-state index contributed by atoms with van der Waals surface area (Å²) in [6, 6.07) is -1.68. The summed E-state index contributed by atoms with van der Waals surface area (Å²) >= 11 is 0. The molecule has 0 unspecified atom stereocenters. The summed E-state index contributed by atoms with van der Waals surface area (Å²) in [6.45, 7) is 4.74. The minimum absolute atomic E-state index is 0.424. The number of carbonyl (C=O) groups excluding carboxylic acids is 1. The Bertz CT molecular complexity index is 833. The first kappa shape index (κ1) is 32.4. The summed E-state index contributed by atoms with van der Waals surface area (Å²) in [5.41, 5.74) is -3.00. The Morgan fingerprint density at radius 2 is 0.944 bits per heavy atom. The van der Waals surface area contributed by atoms with Gasteiger partial charge in [-0.1, -0.05) is 0 Å². The van der Waals surface area contributed by atoms with Gasteiger partial charge in [0.25, 0.3) is 5.91 Å². The molecule has 0 aromatic heterocycles. The molecule has 1 radical (unpaired) electrons. The Kier molecular flexibility index (Phi) is 7.57. The smallest absolute Gasteiger partial charge is 0.348 e. The van der Waals surface area contributed by atoms with Gasteiger partial charge in [0.1, 0.15) is 0 Å². The summed E-state index contributed by atoms with van der Waals surface area (Å²) in [6.07, 6.45) is -8.91. The van der Waals surface area contributed by atoms with Crippen molar-refractivity contribution in [3.8, 4) is 0 Å². The monoisotopic (exact) mass is 567 g/mol. The highest BCUT2D eigenvalue weighted by Crippen LogP contribution is 2.62. The molecule has 1 saturated heterocycles.